The number of carbonyl (C=O) groups is 1. The number of likely N-dealkylation sites (N-methyl/N-ethyl adjacent to an activating group) is 1. The first-order valence-corrected chi connectivity index (χ1v) is 13.7. The maximum atomic E-state index is 13.1. The Labute approximate surface area is 194 Å². The number of amides is 1. The van der Waals surface area contributed by atoms with E-state index in [4.69, 9.17) is 11.6 Å². The lowest BCUT2D eigenvalue weighted by Gasteiger charge is -2.31. The summed E-state index contributed by atoms with van der Waals surface area (Å²) in [6.45, 7) is 3.70. The molecule has 0 aliphatic carbocycles. The first kappa shape index (κ1) is 24.7. The summed E-state index contributed by atoms with van der Waals surface area (Å²) in [6, 6.07) is 9.98. The summed E-state index contributed by atoms with van der Waals surface area (Å²) in [5, 5.41) is 2.87. The molecule has 0 bridgehead atoms. The number of benzene rings is 2. The Morgan fingerprint density at radius 2 is 1.59 bits per heavy atom. The Kier molecular flexibility index (Phi) is 7.31. The van der Waals surface area contributed by atoms with Crippen molar-refractivity contribution in [3.05, 3.63) is 58.6 Å². The van der Waals surface area contributed by atoms with Gasteiger partial charge in [0.2, 0.25) is 10.0 Å². The number of nitrogens with zero attached hydrogens (tertiary/aromatic N) is 2. The van der Waals surface area contributed by atoms with Crippen LogP contribution in [0, 0.1) is 0 Å². The quantitative estimate of drug-likeness (QED) is 0.653. The molecule has 1 aliphatic heterocycles. The molecule has 0 spiro atoms. The van der Waals surface area contributed by atoms with Crippen LogP contribution in [0.5, 0.6) is 0 Å². The van der Waals surface area contributed by atoms with Gasteiger partial charge in [-0.2, -0.15) is 4.31 Å². The van der Waals surface area contributed by atoms with Crippen molar-refractivity contribution in [3.8, 4) is 0 Å². The predicted molar refractivity (Wildman–Crippen MR) is 123 cm³/mol. The van der Waals surface area contributed by atoms with Gasteiger partial charge < -0.3 is 10.2 Å². The fraction of sp³-hybridized carbons (Fsp3) is 0.381. The third-order valence-corrected chi connectivity index (χ3v) is 8.94. The topological polar surface area (TPSA) is 104 Å². The summed E-state index contributed by atoms with van der Waals surface area (Å²) in [4.78, 5) is 14.9. The van der Waals surface area contributed by atoms with Gasteiger partial charge in [0, 0.05) is 38.0 Å². The Morgan fingerprint density at radius 1 is 1.00 bits per heavy atom. The van der Waals surface area contributed by atoms with Crippen molar-refractivity contribution >= 4 is 37.4 Å². The highest BCUT2D eigenvalue weighted by molar-refractivity contribution is 7.90. The minimum Gasteiger partial charge on any atom is -0.346 e. The van der Waals surface area contributed by atoms with Crippen molar-refractivity contribution in [3.63, 3.8) is 0 Å². The van der Waals surface area contributed by atoms with Gasteiger partial charge in [0.1, 0.15) is 4.90 Å². The molecular formula is C21H26ClN3O5S2. The summed E-state index contributed by atoms with van der Waals surface area (Å²) < 4.78 is 50.8. The monoisotopic (exact) mass is 499 g/mol. The zero-order chi connectivity index (χ0) is 23.7. The normalized spacial score (nSPS) is 17.1. The SMILES string of the molecule is C[C@H](NC(=O)c1ccc(Cl)c(S(=O)(=O)N2CCN(C)CC2)c1)c1ccc(S(C)(=O)=O)cc1. The number of piperazine rings is 1. The number of sulfonamides is 1. The fourth-order valence-corrected chi connectivity index (χ4v) is 5.93. The fourth-order valence-electron chi connectivity index (χ4n) is 3.38. The molecule has 2 aromatic rings. The van der Waals surface area contributed by atoms with Crippen molar-refractivity contribution in [2.75, 3.05) is 39.5 Å². The molecule has 3 rings (SSSR count). The maximum Gasteiger partial charge on any atom is 0.251 e. The van der Waals surface area contributed by atoms with Gasteiger partial charge in [0.25, 0.3) is 5.91 Å². The molecule has 0 radical (unpaired) electrons. The van der Waals surface area contributed by atoms with E-state index in [0.29, 0.717) is 31.7 Å². The average Bonchev–Trinajstić information content (AvgIpc) is 2.73. The van der Waals surface area contributed by atoms with E-state index in [1.165, 1.54) is 34.6 Å². The lowest BCUT2D eigenvalue weighted by atomic mass is 10.1. The minimum atomic E-state index is -3.83. The number of sulfone groups is 1. The average molecular weight is 500 g/mol. The molecule has 0 aromatic heterocycles. The zero-order valence-electron chi connectivity index (χ0n) is 18.1. The first-order valence-electron chi connectivity index (χ1n) is 9.99. The van der Waals surface area contributed by atoms with Crippen molar-refractivity contribution in [2.24, 2.45) is 0 Å². The molecule has 1 fully saturated rings. The van der Waals surface area contributed by atoms with Crippen LogP contribution < -0.4 is 5.32 Å². The molecule has 11 heteroatoms. The van der Waals surface area contributed by atoms with E-state index in [-0.39, 0.29) is 20.4 Å². The van der Waals surface area contributed by atoms with Crippen LogP contribution in [-0.2, 0) is 19.9 Å². The van der Waals surface area contributed by atoms with E-state index < -0.39 is 31.8 Å². The molecule has 1 heterocycles. The third kappa shape index (κ3) is 5.49. The molecule has 2 aromatic carbocycles. The summed E-state index contributed by atoms with van der Waals surface area (Å²) in [6.07, 6.45) is 1.13. The standard InChI is InChI=1S/C21H26ClN3O5S2/c1-15(16-4-7-18(8-5-16)31(3,27)28)23-21(26)17-6-9-19(22)20(14-17)32(29,30)25-12-10-24(2)11-13-25/h4-9,14-15H,10-13H2,1-3H3,(H,23,26)/t15-/m0/s1. The van der Waals surface area contributed by atoms with Gasteiger partial charge in [-0.05, 0) is 49.9 Å². The van der Waals surface area contributed by atoms with E-state index in [1.807, 2.05) is 11.9 Å². The van der Waals surface area contributed by atoms with Crippen LogP contribution in [0.3, 0.4) is 0 Å². The summed E-state index contributed by atoms with van der Waals surface area (Å²) in [7, 11) is -5.22. The van der Waals surface area contributed by atoms with Gasteiger partial charge >= 0.3 is 0 Å². The number of halogens is 1. The second-order valence-corrected chi connectivity index (χ2v) is 12.2. The lowest BCUT2D eigenvalue weighted by molar-refractivity contribution is 0.0939. The predicted octanol–water partition coefficient (Wildman–Crippen LogP) is 2.17. The second-order valence-electron chi connectivity index (χ2n) is 7.89. The van der Waals surface area contributed by atoms with Gasteiger partial charge in [-0.1, -0.05) is 23.7 Å². The summed E-state index contributed by atoms with van der Waals surface area (Å²) in [5.41, 5.74) is 0.881. The van der Waals surface area contributed by atoms with Crippen LogP contribution in [0.25, 0.3) is 0 Å². The molecule has 8 nitrogen and oxygen atoms in total. The molecule has 32 heavy (non-hydrogen) atoms. The molecule has 1 saturated heterocycles. The molecule has 174 valence electrons. The summed E-state index contributed by atoms with van der Waals surface area (Å²) in [5.74, 6) is -0.462. The molecular weight excluding hydrogens is 474 g/mol. The van der Waals surface area contributed by atoms with Crippen molar-refractivity contribution in [2.45, 2.75) is 22.8 Å². The first-order chi connectivity index (χ1) is 14.9. The Morgan fingerprint density at radius 3 is 2.16 bits per heavy atom. The Bertz CT molecular complexity index is 1210. The van der Waals surface area contributed by atoms with Gasteiger partial charge in [0.05, 0.1) is 16.0 Å². The highest BCUT2D eigenvalue weighted by Crippen LogP contribution is 2.27. The highest BCUT2D eigenvalue weighted by atomic mass is 35.5. The molecule has 0 saturated carbocycles. The van der Waals surface area contributed by atoms with Crippen LogP contribution in [0.1, 0.15) is 28.9 Å². The maximum absolute atomic E-state index is 13.1. The molecule has 1 amide bonds. The molecule has 0 unspecified atom stereocenters. The van der Waals surface area contributed by atoms with E-state index in [2.05, 4.69) is 5.32 Å². The third-order valence-electron chi connectivity index (χ3n) is 5.43. The highest BCUT2D eigenvalue weighted by Gasteiger charge is 2.30. The van der Waals surface area contributed by atoms with Gasteiger partial charge in [0.15, 0.2) is 9.84 Å². The van der Waals surface area contributed by atoms with E-state index in [0.717, 1.165) is 6.26 Å². The van der Waals surface area contributed by atoms with Gasteiger partial charge in [-0.3, -0.25) is 4.79 Å². The second kappa shape index (κ2) is 9.48. The smallest absolute Gasteiger partial charge is 0.251 e. The number of carbonyl (C=O) groups excluding carboxylic acids is 1. The van der Waals surface area contributed by atoms with Crippen LogP contribution in [-0.4, -0.2) is 71.4 Å². The van der Waals surface area contributed by atoms with Crippen molar-refractivity contribution in [1.29, 1.82) is 0 Å². The minimum absolute atomic E-state index is 0.0601. The number of hydrogen-bond donors (Lipinski definition) is 1. The Hall–Kier alpha value is -1.98. The number of hydrogen-bond acceptors (Lipinski definition) is 6. The summed E-state index contributed by atoms with van der Waals surface area (Å²) >= 11 is 6.19. The van der Waals surface area contributed by atoms with E-state index in [9.17, 15) is 21.6 Å². The van der Waals surface area contributed by atoms with Crippen LogP contribution in [0.15, 0.2) is 52.3 Å². The van der Waals surface area contributed by atoms with E-state index >= 15 is 0 Å². The molecule has 1 aliphatic rings. The van der Waals surface area contributed by atoms with Gasteiger partial charge in [-0.15, -0.1) is 0 Å². The van der Waals surface area contributed by atoms with Crippen LogP contribution in [0.2, 0.25) is 5.02 Å². The van der Waals surface area contributed by atoms with Gasteiger partial charge in [-0.25, -0.2) is 16.8 Å². The van der Waals surface area contributed by atoms with E-state index in [1.54, 1.807) is 19.1 Å². The largest absolute Gasteiger partial charge is 0.346 e. The van der Waals surface area contributed by atoms with Crippen LogP contribution >= 0.6 is 11.6 Å². The Balaban J connectivity index is 1.79. The lowest BCUT2D eigenvalue weighted by Crippen LogP contribution is -2.47. The number of nitrogens with one attached hydrogen (secondary N) is 1. The molecule has 1 atom stereocenters. The van der Waals surface area contributed by atoms with Crippen molar-refractivity contribution < 1.29 is 21.6 Å². The molecule has 1 N–H and O–H groups in total. The van der Waals surface area contributed by atoms with Crippen LogP contribution in [0.4, 0.5) is 0 Å². The van der Waals surface area contributed by atoms with Crippen molar-refractivity contribution in [1.82, 2.24) is 14.5 Å². The zero-order valence-corrected chi connectivity index (χ0v) is 20.5. The number of rotatable bonds is 6.